The van der Waals surface area contributed by atoms with E-state index in [1.807, 2.05) is 39.0 Å². The molecule has 0 bridgehead atoms. The summed E-state index contributed by atoms with van der Waals surface area (Å²) in [5.41, 5.74) is 3.07. The third-order valence-electron chi connectivity index (χ3n) is 5.39. The fourth-order valence-corrected chi connectivity index (χ4v) is 3.56. The fraction of sp³-hybridized carbons (Fsp3) is 0.333. The third kappa shape index (κ3) is 4.21. The van der Waals surface area contributed by atoms with Crippen molar-refractivity contribution in [3.05, 3.63) is 64.7 Å². The molecule has 2 atom stereocenters. The summed E-state index contributed by atoms with van der Waals surface area (Å²) < 4.78 is 5.30. The van der Waals surface area contributed by atoms with Gasteiger partial charge in [-0.05, 0) is 49.9 Å². The van der Waals surface area contributed by atoms with Crippen molar-refractivity contribution in [2.45, 2.75) is 52.7 Å². The van der Waals surface area contributed by atoms with Gasteiger partial charge in [-0.25, -0.2) is 4.79 Å². The highest BCUT2D eigenvalue weighted by molar-refractivity contribution is 6.22. The first-order chi connectivity index (χ1) is 14.6. The van der Waals surface area contributed by atoms with E-state index in [4.69, 9.17) is 4.74 Å². The van der Waals surface area contributed by atoms with E-state index in [1.54, 1.807) is 12.1 Å². The number of nitrogens with one attached hydrogen (secondary N) is 1. The Morgan fingerprint density at radius 2 is 1.48 bits per heavy atom. The van der Waals surface area contributed by atoms with Gasteiger partial charge in [-0.3, -0.25) is 19.3 Å². The quantitative estimate of drug-likeness (QED) is 0.566. The van der Waals surface area contributed by atoms with Gasteiger partial charge >= 0.3 is 5.97 Å². The molecule has 0 saturated heterocycles. The summed E-state index contributed by atoms with van der Waals surface area (Å²) in [4.78, 5) is 51.3. The molecule has 0 aliphatic carbocycles. The van der Waals surface area contributed by atoms with Crippen LogP contribution in [-0.4, -0.2) is 40.7 Å². The Kier molecular flexibility index (Phi) is 6.24. The van der Waals surface area contributed by atoms with E-state index in [-0.39, 0.29) is 17.0 Å². The molecule has 7 nitrogen and oxygen atoms in total. The molecule has 0 spiro atoms. The van der Waals surface area contributed by atoms with Gasteiger partial charge in [-0.2, -0.15) is 0 Å². The fourth-order valence-electron chi connectivity index (χ4n) is 3.56. The average molecular weight is 422 g/mol. The average Bonchev–Trinajstić information content (AvgIpc) is 2.99. The first-order valence-corrected chi connectivity index (χ1v) is 10.2. The predicted octanol–water partition coefficient (Wildman–Crippen LogP) is 3.67. The number of hydrogen-bond donors (Lipinski definition) is 1. The summed E-state index contributed by atoms with van der Waals surface area (Å²) >= 11 is 0. The number of carbonyl (C=O) groups excluding carboxylic acids is 4. The Balaban J connectivity index is 1.69. The van der Waals surface area contributed by atoms with Crippen LogP contribution in [-0.2, 0) is 14.3 Å². The molecule has 3 rings (SSSR count). The number of amides is 3. The number of aryl methyl sites for hydroxylation is 1. The first-order valence-electron chi connectivity index (χ1n) is 10.2. The second-order valence-electron chi connectivity index (χ2n) is 7.96. The lowest BCUT2D eigenvalue weighted by atomic mass is 9.98. The number of nitrogens with zero attached hydrogens (tertiary/aromatic N) is 1. The van der Waals surface area contributed by atoms with Crippen molar-refractivity contribution in [1.29, 1.82) is 0 Å². The molecule has 2 aromatic carbocycles. The minimum atomic E-state index is -1.16. The molecule has 0 radical (unpaired) electrons. The van der Waals surface area contributed by atoms with Gasteiger partial charge in [0.25, 0.3) is 17.7 Å². The second-order valence-corrected chi connectivity index (χ2v) is 7.96. The van der Waals surface area contributed by atoms with E-state index in [1.165, 1.54) is 26.0 Å². The molecule has 7 heteroatoms. The maximum absolute atomic E-state index is 12.7. The van der Waals surface area contributed by atoms with E-state index in [2.05, 4.69) is 5.32 Å². The van der Waals surface area contributed by atoms with Crippen LogP contribution in [0.1, 0.15) is 65.5 Å². The Morgan fingerprint density at radius 1 is 0.903 bits per heavy atom. The van der Waals surface area contributed by atoms with Crippen molar-refractivity contribution in [1.82, 2.24) is 4.90 Å². The highest BCUT2D eigenvalue weighted by atomic mass is 16.5. The van der Waals surface area contributed by atoms with Gasteiger partial charge in [0.2, 0.25) is 0 Å². The lowest BCUT2D eigenvalue weighted by molar-refractivity contribution is -0.156. The molecule has 1 N–H and O–H groups in total. The summed E-state index contributed by atoms with van der Waals surface area (Å²) in [6.45, 7) is 8.81. The maximum Gasteiger partial charge on any atom is 0.329 e. The minimum Gasteiger partial charge on any atom is -0.451 e. The van der Waals surface area contributed by atoms with Gasteiger partial charge in [-0.15, -0.1) is 0 Å². The van der Waals surface area contributed by atoms with Crippen LogP contribution in [0.4, 0.5) is 5.69 Å². The topological polar surface area (TPSA) is 92.8 Å². The molecular weight excluding hydrogens is 396 g/mol. The van der Waals surface area contributed by atoms with Crippen molar-refractivity contribution in [3.63, 3.8) is 0 Å². The maximum atomic E-state index is 12.7. The summed E-state index contributed by atoms with van der Waals surface area (Å²) in [5.74, 6) is -2.22. The zero-order valence-electron chi connectivity index (χ0n) is 18.3. The van der Waals surface area contributed by atoms with Crippen LogP contribution in [0, 0.1) is 6.92 Å². The molecule has 0 fully saturated rings. The number of anilines is 1. The smallest absolute Gasteiger partial charge is 0.329 e. The van der Waals surface area contributed by atoms with Crippen LogP contribution in [0.3, 0.4) is 0 Å². The number of esters is 1. The summed E-state index contributed by atoms with van der Waals surface area (Å²) in [6.07, 6.45) is -1.11. The van der Waals surface area contributed by atoms with Gasteiger partial charge in [-0.1, -0.05) is 44.2 Å². The lowest BCUT2D eigenvalue weighted by Crippen LogP contribution is -2.45. The zero-order valence-corrected chi connectivity index (χ0v) is 18.3. The summed E-state index contributed by atoms with van der Waals surface area (Å²) in [5, 5.41) is 2.84. The molecule has 1 heterocycles. The third-order valence-corrected chi connectivity index (χ3v) is 5.39. The minimum absolute atomic E-state index is 0.196. The van der Waals surface area contributed by atoms with Crippen LogP contribution in [0.5, 0.6) is 0 Å². The molecule has 1 aliphatic rings. The number of imide groups is 1. The monoisotopic (exact) mass is 422 g/mol. The normalized spacial score (nSPS) is 15.0. The standard InChI is InChI=1S/C24H26N2O5/c1-13(2)17-12-8-9-14(3)20(17)25-21(27)16(5)31-24(30)15(4)26-22(28)18-10-6-7-11-19(18)23(26)29/h6-13,15-16H,1-5H3,(H,25,27)/t15-,16-/m0/s1. The van der Waals surface area contributed by atoms with Crippen LogP contribution >= 0.6 is 0 Å². The van der Waals surface area contributed by atoms with Gasteiger partial charge in [0.1, 0.15) is 6.04 Å². The predicted molar refractivity (Wildman–Crippen MR) is 116 cm³/mol. The summed E-state index contributed by atoms with van der Waals surface area (Å²) in [6, 6.07) is 11.0. The summed E-state index contributed by atoms with van der Waals surface area (Å²) in [7, 11) is 0. The second kappa shape index (κ2) is 8.71. The molecule has 0 aromatic heterocycles. The Labute approximate surface area is 181 Å². The molecule has 0 saturated carbocycles. The molecule has 162 valence electrons. The Morgan fingerprint density at radius 3 is 2.03 bits per heavy atom. The SMILES string of the molecule is Cc1cccc(C(C)C)c1NC(=O)[C@H](C)OC(=O)[C@H](C)N1C(=O)c2ccccc2C1=O. The largest absolute Gasteiger partial charge is 0.451 e. The Bertz CT molecular complexity index is 1020. The Hall–Kier alpha value is -3.48. The molecule has 0 unspecified atom stereocenters. The van der Waals surface area contributed by atoms with E-state index in [0.29, 0.717) is 5.69 Å². The van der Waals surface area contributed by atoms with Crippen LogP contribution in [0.25, 0.3) is 0 Å². The highest BCUT2D eigenvalue weighted by Gasteiger charge is 2.41. The number of para-hydroxylation sites is 1. The van der Waals surface area contributed by atoms with E-state index < -0.39 is 35.8 Å². The molecule has 2 aromatic rings. The van der Waals surface area contributed by atoms with Crippen molar-refractivity contribution < 1.29 is 23.9 Å². The van der Waals surface area contributed by atoms with Crippen LogP contribution in [0.15, 0.2) is 42.5 Å². The van der Waals surface area contributed by atoms with Crippen LogP contribution in [0.2, 0.25) is 0 Å². The van der Waals surface area contributed by atoms with E-state index >= 15 is 0 Å². The number of carbonyl (C=O) groups is 4. The number of ether oxygens (including phenoxy) is 1. The number of rotatable bonds is 6. The van der Waals surface area contributed by atoms with Crippen molar-refractivity contribution in [2.75, 3.05) is 5.32 Å². The number of benzene rings is 2. The zero-order chi connectivity index (χ0) is 22.9. The number of hydrogen-bond acceptors (Lipinski definition) is 5. The van der Waals surface area contributed by atoms with Gasteiger partial charge in [0.15, 0.2) is 6.10 Å². The van der Waals surface area contributed by atoms with E-state index in [9.17, 15) is 19.2 Å². The lowest BCUT2D eigenvalue weighted by Gasteiger charge is -2.23. The van der Waals surface area contributed by atoms with Crippen molar-refractivity contribution in [2.24, 2.45) is 0 Å². The molecule has 31 heavy (non-hydrogen) atoms. The molecular formula is C24H26N2O5. The molecule has 1 aliphatic heterocycles. The van der Waals surface area contributed by atoms with Gasteiger partial charge in [0.05, 0.1) is 11.1 Å². The van der Waals surface area contributed by atoms with Crippen molar-refractivity contribution in [3.8, 4) is 0 Å². The van der Waals surface area contributed by atoms with Gasteiger partial charge < -0.3 is 10.1 Å². The molecule has 3 amide bonds. The highest BCUT2D eigenvalue weighted by Crippen LogP contribution is 2.28. The van der Waals surface area contributed by atoms with Crippen molar-refractivity contribution >= 4 is 29.4 Å². The number of fused-ring (bicyclic) bond motifs is 1. The van der Waals surface area contributed by atoms with Crippen LogP contribution < -0.4 is 5.32 Å². The first kappa shape index (κ1) is 22.2. The van der Waals surface area contributed by atoms with Gasteiger partial charge in [0, 0.05) is 5.69 Å². The van der Waals surface area contributed by atoms with E-state index in [0.717, 1.165) is 16.0 Å².